The maximum atomic E-state index is 11.7. The van der Waals surface area contributed by atoms with E-state index in [-0.39, 0.29) is 18.2 Å². The molecule has 1 aromatic heterocycles. The lowest BCUT2D eigenvalue weighted by Crippen LogP contribution is -2.41. The zero-order valence-corrected chi connectivity index (χ0v) is 17.0. The van der Waals surface area contributed by atoms with Gasteiger partial charge in [-0.25, -0.2) is 9.78 Å². The van der Waals surface area contributed by atoms with Crippen molar-refractivity contribution in [3.63, 3.8) is 0 Å². The van der Waals surface area contributed by atoms with Gasteiger partial charge in [-0.1, -0.05) is 32.4 Å². The molecule has 0 atom stereocenters. The summed E-state index contributed by atoms with van der Waals surface area (Å²) in [7, 11) is -0.316. The van der Waals surface area contributed by atoms with Crippen LogP contribution < -0.4 is 10.1 Å². The Morgan fingerprint density at radius 3 is 2.54 bits per heavy atom. The fraction of sp³-hybridized carbons (Fsp3) is 0.625. The Morgan fingerprint density at radius 2 is 1.96 bits per heavy atom. The maximum Gasteiger partial charge on any atom is 0.407 e. The number of nitrogens with zero attached hydrogens (tertiary/aromatic N) is 1. The molecule has 0 unspecified atom stereocenters. The number of amides is 1. The Labute approximate surface area is 150 Å². The van der Waals surface area contributed by atoms with Crippen molar-refractivity contribution in [3.8, 4) is 5.88 Å². The van der Waals surface area contributed by atoms with E-state index in [0.29, 0.717) is 17.6 Å². The van der Waals surface area contributed by atoms with Crippen LogP contribution in [0.5, 0.6) is 5.88 Å². The molecule has 0 saturated carbocycles. The molecule has 0 aliphatic carbocycles. The number of ether oxygens (including phenoxy) is 2. The van der Waals surface area contributed by atoms with Crippen LogP contribution in [0.25, 0.3) is 0 Å². The second kappa shape index (κ2) is 8.69. The highest BCUT2D eigenvalue weighted by molar-refractivity contribution is 6.74. The molecule has 24 heavy (non-hydrogen) atoms. The number of rotatable bonds is 7. The second-order valence-electron chi connectivity index (χ2n) is 6.90. The molecule has 0 bridgehead atoms. The van der Waals surface area contributed by atoms with Gasteiger partial charge in [0.15, 0.2) is 8.32 Å². The number of aromatic nitrogens is 1. The normalized spacial score (nSPS) is 12.0. The standard InChI is InChI=1S/C16H27ClN2O4Si/c1-16(2,3)24(5,6)23-10-9-22-15(20)18-11-12-7-8-13(17)19-14(12)21-4/h7-8H,9-11H2,1-6H3,(H,18,20). The van der Waals surface area contributed by atoms with Gasteiger partial charge < -0.3 is 19.2 Å². The maximum absolute atomic E-state index is 11.7. The van der Waals surface area contributed by atoms with E-state index in [2.05, 4.69) is 44.2 Å². The zero-order valence-electron chi connectivity index (χ0n) is 15.2. The van der Waals surface area contributed by atoms with Crippen molar-refractivity contribution in [1.82, 2.24) is 10.3 Å². The van der Waals surface area contributed by atoms with Crippen molar-refractivity contribution in [2.75, 3.05) is 20.3 Å². The van der Waals surface area contributed by atoms with Crippen molar-refractivity contribution in [3.05, 3.63) is 22.8 Å². The van der Waals surface area contributed by atoms with Crippen LogP contribution in [0, 0.1) is 0 Å². The van der Waals surface area contributed by atoms with Gasteiger partial charge >= 0.3 is 6.09 Å². The summed E-state index contributed by atoms with van der Waals surface area (Å²) >= 11 is 5.80. The molecule has 0 aromatic carbocycles. The van der Waals surface area contributed by atoms with E-state index in [0.717, 1.165) is 5.56 Å². The molecule has 1 amide bonds. The molecule has 0 aliphatic heterocycles. The number of alkyl carbamates (subject to hydrolysis) is 1. The SMILES string of the molecule is COc1nc(Cl)ccc1CNC(=O)OCCO[Si](C)(C)C(C)(C)C. The highest BCUT2D eigenvalue weighted by Crippen LogP contribution is 2.36. The van der Waals surface area contributed by atoms with Crippen LogP contribution in [0.3, 0.4) is 0 Å². The predicted octanol–water partition coefficient (Wildman–Crippen LogP) is 3.99. The van der Waals surface area contributed by atoms with Crippen LogP contribution >= 0.6 is 11.6 Å². The molecule has 0 fully saturated rings. The van der Waals surface area contributed by atoms with E-state index in [9.17, 15) is 4.79 Å². The van der Waals surface area contributed by atoms with Gasteiger partial charge in [0.1, 0.15) is 11.8 Å². The van der Waals surface area contributed by atoms with Gasteiger partial charge in [0, 0.05) is 5.56 Å². The van der Waals surface area contributed by atoms with Crippen LogP contribution in [0.1, 0.15) is 26.3 Å². The second-order valence-corrected chi connectivity index (χ2v) is 12.1. The third kappa shape index (κ3) is 6.30. The number of hydrogen-bond donors (Lipinski definition) is 1. The Bertz CT molecular complexity index is 561. The molecule has 1 rings (SSSR count). The Kier molecular flexibility index (Phi) is 7.50. The molecule has 0 radical (unpaired) electrons. The van der Waals surface area contributed by atoms with Gasteiger partial charge in [0.05, 0.1) is 20.3 Å². The van der Waals surface area contributed by atoms with E-state index in [1.807, 2.05) is 0 Å². The van der Waals surface area contributed by atoms with Crippen LogP contribution in [-0.2, 0) is 15.7 Å². The van der Waals surface area contributed by atoms with Crippen LogP contribution in [0.2, 0.25) is 23.3 Å². The number of hydrogen-bond acceptors (Lipinski definition) is 5. The molecule has 8 heteroatoms. The fourth-order valence-corrected chi connectivity index (χ4v) is 2.79. The minimum Gasteiger partial charge on any atom is -0.481 e. The summed E-state index contributed by atoms with van der Waals surface area (Å²) in [5.41, 5.74) is 0.719. The molecule has 1 N–H and O–H groups in total. The average molecular weight is 375 g/mol. The number of nitrogens with one attached hydrogen (secondary N) is 1. The summed E-state index contributed by atoms with van der Waals surface area (Å²) in [4.78, 5) is 15.8. The first-order valence-corrected chi connectivity index (χ1v) is 11.1. The zero-order chi connectivity index (χ0) is 18.4. The number of methoxy groups -OCH3 is 1. The average Bonchev–Trinajstić information content (AvgIpc) is 2.49. The highest BCUT2D eigenvalue weighted by atomic mass is 35.5. The highest BCUT2D eigenvalue weighted by Gasteiger charge is 2.36. The largest absolute Gasteiger partial charge is 0.481 e. The Hall–Kier alpha value is -1.31. The van der Waals surface area contributed by atoms with Crippen molar-refractivity contribution in [1.29, 1.82) is 0 Å². The van der Waals surface area contributed by atoms with Gasteiger partial charge in [-0.3, -0.25) is 0 Å². The van der Waals surface area contributed by atoms with Crippen LogP contribution in [0.4, 0.5) is 4.79 Å². The third-order valence-electron chi connectivity index (χ3n) is 4.11. The third-order valence-corrected chi connectivity index (χ3v) is 8.86. The van der Waals surface area contributed by atoms with Gasteiger partial charge in [-0.05, 0) is 30.3 Å². The number of carbonyl (C=O) groups excluding carboxylic acids is 1. The lowest BCUT2D eigenvalue weighted by Gasteiger charge is -2.36. The topological polar surface area (TPSA) is 69.7 Å². The van der Waals surface area contributed by atoms with Crippen molar-refractivity contribution in [2.45, 2.75) is 45.4 Å². The van der Waals surface area contributed by atoms with E-state index < -0.39 is 14.4 Å². The summed E-state index contributed by atoms with van der Waals surface area (Å²) in [5, 5.41) is 3.12. The van der Waals surface area contributed by atoms with Gasteiger partial charge in [-0.15, -0.1) is 0 Å². The summed E-state index contributed by atoms with van der Waals surface area (Å²) in [6, 6.07) is 3.38. The summed E-state index contributed by atoms with van der Waals surface area (Å²) < 4.78 is 16.2. The van der Waals surface area contributed by atoms with Crippen molar-refractivity contribution >= 4 is 26.0 Å². The molecule has 1 aromatic rings. The summed E-state index contributed by atoms with van der Waals surface area (Å²) in [6.45, 7) is 11.7. The van der Waals surface area contributed by atoms with E-state index in [1.54, 1.807) is 12.1 Å². The predicted molar refractivity (Wildman–Crippen MR) is 97.1 cm³/mol. The monoisotopic (exact) mass is 374 g/mol. The molecular formula is C16H27ClN2O4Si. The van der Waals surface area contributed by atoms with E-state index in [1.165, 1.54) is 7.11 Å². The van der Waals surface area contributed by atoms with Crippen LogP contribution in [-0.4, -0.2) is 39.7 Å². The quantitative estimate of drug-likeness (QED) is 0.444. The van der Waals surface area contributed by atoms with Gasteiger partial charge in [0.25, 0.3) is 0 Å². The Morgan fingerprint density at radius 1 is 1.29 bits per heavy atom. The van der Waals surface area contributed by atoms with Gasteiger partial charge in [0.2, 0.25) is 5.88 Å². The fourth-order valence-electron chi connectivity index (χ4n) is 1.62. The minimum atomic E-state index is -1.81. The lowest BCUT2D eigenvalue weighted by atomic mass is 10.2. The molecule has 0 aliphatic rings. The van der Waals surface area contributed by atoms with Crippen molar-refractivity contribution in [2.24, 2.45) is 0 Å². The first kappa shape index (κ1) is 20.7. The minimum absolute atomic E-state index is 0.132. The summed E-state index contributed by atoms with van der Waals surface area (Å²) in [5.74, 6) is 0.379. The van der Waals surface area contributed by atoms with Gasteiger partial charge in [-0.2, -0.15) is 0 Å². The number of halogens is 1. The molecule has 1 heterocycles. The number of pyridine rings is 1. The molecular weight excluding hydrogens is 348 g/mol. The van der Waals surface area contributed by atoms with E-state index in [4.69, 9.17) is 25.5 Å². The molecule has 6 nitrogen and oxygen atoms in total. The molecule has 0 saturated heterocycles. The first-order chi connectivity index (χ1) is 11.1. The summed E-state index contributed by atoms with van der Waals surface area (Å²) in [6.07, 6.45) is -0.508. The smallest absolute Gasteiger partial charge is 0.407 e. The van der Waals surface area contributed by atoms with E-state index >= 15 is 0 Å². The first-order valence-electron chi connectivity index (χ1n) is 7.81. The molecule has 0 spiro atoms. The number of carbonyl (C=O) groups is 1. The van der Waals surface area contributed by atoms with Crippen LogP contribution in [0.15, 0.2) is 12.1 Å². The van der Waals surface area contributed by atoms with Crippen molar-refractivity contribution < 1.29 is 18.7 Å². The Balaban J connectivity index is 2.35. The lowest BCUT2D eigenvalue weighted by molar-refractivity contribution is 0.121. The molecule has 136 valence electrons.